The lowest BCUT2D eigenvalue weighted by atomic mass is 9.82. The van der Waals surface area contributed by atoms with Crippen molar-refractivity contribution in [2.75, 3.05) is 4.90 Å². The zero-order chi connectivity index (χ0) is 45.6. The molecule has 0 aliphatic heterocycles. The molecule has 0 bridgehead atoms. The first kappa shape index (κ1) is 44.5. The summed E-state index contributed by atoms with van der Waals surface area (Å²) in [5, 5.41) is 0. The number of anilines is 3. The number of fused-ring (bicyclic) bond motifs is 6. The van der Waals surface area contributed by atoms with Crippen molar-refractivity contribution in [2.45, 2.75) is 117 Å². The van der Waals surface area contributed by atoms with E-state index in [1.807, 2.05) is 22.7 Å². The first-order chi connectivity index (χ1) is 32.1. The maximum absolute atomic E-state index is 12.0. The summed E-state index contributed by atoms with van der Waals surface area (Å²) in [7, 11) is 0. The summed E-state index contributed by atoms with van der Waals surface area (Å²) in [6.45, 7) is 14.0. The molecule has 0 fully saturated rings. The highest BCUT2D eigenvalue weighted by atomic mass is 32.1. The van der Waals surface area contributed by atoms with E-state index in [9.17, 15) is 4.79 Å². The standard InChI is InChI=1S/C61H61NOS3/c1-7-9-11-13-19-41-35-46(39-63)64-58(41)55-33-34-56(65-55)59-42(20-14-12-10-8-2)36-57(66-59)40-25-27-43(28-26-40)62(44-29-31-49-47-21-15-17-23-51(47)60(3,4)53(49)37-44)45-30-32-50-48-22-16-18-24-52(48)61(5,6)54(50)38-45/h15-18,21-39H,7-14,19-20H2,1-6H3. The van der Waals surface area contributed by atoms with E-state index in [0.29, 0.717) is 0 Å². The van der Waals surface area contributed by atoms with E-state index in [1.165, 1.54) is 148 Å². The normalized spacial score (nSPS) is 13.9. The molecule has 0 saturated heterocycles. The van der Waals surface area contributed by atoms with Crippen LogP contribution < -0.4 is 4.90 Å². The first-order valence-electron chi connectivity index (χ1n) is 24.3. The highest BCUT2D eigenvalue weighted by Gasteiger charge is 2.37. The zero-order valence-corrected chi connectivity index (χ0v) is 41.9. The number of benzene rings is 5. The molecule has 5 aromatic carbocycles. The molecule has 0 radical (unpaired) electrons. The van der Waals surface area contributed by atoms with Gasteiger partial charge in [0.1, 0.15) is 0 Å². The van der Waals surface area contributed by atoms with E-state index >= 15 is 0 Å². The number of carbonyl (C=O) groups is 1. The smallest absolute Gasteiger partial charge is 0.160 e. The van der Waals surface area contributed by atoms with Crippen molar-refractivity contribution in [3.05, 3.63) is 172 Å². The van der Waals surface area contributed by atoms with Crippen LogP contribution in [0.25, 0.3) is 52.2 Å². The fourth-order valence-electron chi connectivity index (χ4n) is 10.8. The average Bonchev–Trinajstić information content (AvgIpc) is 4.17. The quantitative estimate of drug-likeness (QED) is 0.0670. The molecule has 2 aliphatic rings. The molecular weight excluding hydrogens is 859 g/mol. The Hall–Kier alpha value is -5.33. The molecule has 5 heteroatoms. The second kappa shape index (κ2) is 18.4. The summed E-state index contributed by atoms with van der Waals surface area (Å²) in [6.07, 6.45) is 13.0. The molecule has 8 aromatic rings. The number of thiophene rings is 3. The van der Waals surface area contributed by atoms with Crippen LogP contribution in [-0.2, 0) is 23.7 Å². The number of hydrogen-bond donors (Lipinski definition) is 0. The van der Waals surface area contributed by atoms with Crippen LogP contribution in [0, 0.1) is 0 Å². The second-order valence-electron chi connectivity index (χ2n) is 19.6. The minimum atomic E-state index is -0.105. The van der Waals surface area contributed by atoms with Gasteiger partial charge in [-0.15, -0.1) is 34.0 Å². The first-order valence-corrected chi connectivity index (χ1v) is 26.8. The summed E-state index contributed by atoms with van der Waals surface area (Å²) < 4.78 is 0. The SMILES string of the molecule is CCCCCCc1cc(C=O)sc1-c1ccc(-c2sc(-c3ccc(N(c4ccc5c(c4)C(C)(C)c4ccccc4-5)c4ccc5c(c4)C(C)(C)c4ccccc4-5)cc3)cc2CCCCCC)s1. The fourth-order valence-corrected chi connectivity index (χ4v) is 14.4. The monoisotopic (exact) mass is 919 g/mol. The van der Waals surface area contributed by atoms with Gasteiger partial charge in [-0.05, 0) is 148 Å². The molecule has 334 valence electrons. The summed E-state index contributed by atoms with van der Waals surface area (Å²) in [5.41, 5.74) is 18.2. The van der Waals surface area contributed by atoms with Crippen LogP contribution in [0.1, 0.15) is 136 Å². The molecule has 2 nitrogen and oxygen atoms in total. The topological polar surface area (TPSA) is 20.3 Å². The van der Waals surface area contributed by atoms with E-state index in [2.05, 4.69) is 180 Å². The molecule has 0 N–H and O–H groups in total. The third-order valence-corrected chi connectivity index (χ3v) is 18.2. The van der Waals surface area contributed by atoms with Crippen molar-refractivity contribution in [1.82, 2.24) is 0 Å². The van der Waals surface area contributed by atoms with Gasteiger partial charge < -0.3 is 4.90 Å². The van der Waals surface area contributed by atoms with Gasteiger partial charge in [-0.25, -0.2) is 0 Å². The van der Waals surface area contributed by atoms with Gasteiger partial charge in [0.25, 0.3) is 0 Å². The van der Waals surface area contributed by atoms with Crippen molar-refractivity contribution in [2.24, 2.45) is 0 Å². The van der Waals surface area contributed by atoms with Gasteiger partial charge in [0.2, 0.25) is 0 Å². The summed E-state index contributed by atoms with van der Waals surface area (Å²) >= 11 is 5.49. The molecule has 0 spiro atoms. The summed E-state index contributed by atoms with van der Waals surface area (Å²) in [6, 6.07) is 50.7. The van der Waals surface area contributed by atoms with Gasteiger partial charge in [-0.2, -0.15) is 0 Å². The molecular formula is C61H61NOS3. The van der Waals surface area contributed by atoms with Gasteiger partial charge in [0.05, 0.1) is 4.88 Å². The van der Waals surface area contributed by atoms with E-state index in [1.54, 1.807) is 11.3 Å². The Bertz CT molecular complexity index is 2940. The lowest BCUT2D eigenvalue weighted by molar-refractivity contribution is 0.112. The largest absolute Gasteiger partial charge is 0.310 e. The van der Waals surface area contributed by atoms with Crippen molar-refractivity contribution in [1.29, 1.82) is 0 Å². The number of unbranched alkanes of at least 4 members (excludes halogenated alkanes) is 6. The minimum Gasteiger partial charge on any atom is -0.310 e. The van der Waals surface area contributed by atoms with Gasteiger partial charge in [-0.3, -0.25) is 4.79 Å². The van der Waals surface area contributed by atoms with E-state index in [4.69, 9.17) is 0 Å². The van der Waals surface area contributed by atoms with Crippen LogP contribution in [0.3, 0.4) is 0 Å². The van der Waals surface area contributed by atoms with E-state index in [-0.39, 0.29) is 10.8 Å². The molecule has 2 aliphatic carbocycles. The Balaban J connectivity index is 1.02. The van der Waals surface area contributed by atoms with Crippen LogP contribution in [0.15, 0.2) is 133 Å². The zero-order valence-electron chi connectivity index (χ0n) is 39.4. The van der Waals surface area contributed by atoms with Crippen LogP contribution in [0.4, 0.5) is 17.1 Å². The molecule has 0 unspecified atom stereocenters. The van der Waals surface area contributed by atoms with Gasteiger partial charge >= 0.3 is 0 Å². The number of aryl methyl sites for hydroxylation is 2. The number of aldehydes is 1. The fraction of sp³-hybridized carbons (Fsp3) is 0.295. The predicted octanol–water partition coefficient (Wildman–Crippen LogP) is 19.0. The Kier molecular flexibility index (Phi) is 12.4. The van der Waals surface area contributed by atoms with E-state index < -0.39 is 0 Å². The second-order valence-corrected chi connectivity index (χ2v) is 22.8. The molecule has 0 atom stereocenters. The molecule has 0 amide bonds. The van der Waals surface area contributed by atoms with Gasteiger partial charge in [0, 0.05) is 52.3 Å². The highest BCUT2D eigenvalue weighted by Crippen LogP contribution is 2.53. The molecule has 66 heavy (non-hydrogen) atoms. The molecule has 3 aromatic heterocycles. The van der Waals surface area contributed by atoms with Crippen molar-refractivity contribution in [3.63, 3.8) is 0 Å². The van der Waals surface area contributed by atoms with Crippen LogP contribution in [-0.4, -0.2) is 6.29 Å². The van der Waals surface area contributed by atoms with E-state index in [0.717, 1.165) is 29.7 Å². The minimum absolute atomic E-state index is 0.105. The number of nitrogens with zero attached hydrogens (tertiary/aromatic N) is 1. The van der Waals surface area contributed by atoms with Gasteiger partial charge in [-0.1, -0.05) is 153 Å². The average molecular weight is 920 g/mol. The summed E-state index contributed by atoms with van der Waals surface area (Å²) in [5.74, 6) is 0. The maximum Gasteiger partial charge on any atom is 0.160 e. The lowest BCUT2D eigenvalue weighted by Gasteiger charge is -2.30. The molecule has 0 saturated carbocycles. The Morgan fingerprint density at radius 2 is 0.939 bits per heavy atom. The third kappa shape index (κ3) is 8.05. The van der Waals surface area contributed by atoms with Crippen molar-refractivity contribution >= 4 is 57.4 Å². The molecule has 3 heterocycles. The maximum atomic E-state index is 12.0. The predicted molar refractivity (Wildman–Crippen MR) is 287 cm³/mol. The molecule has 10 rings (SSSR count). The Morgan fingerprint density at radius 3 is 1.47 bits per heavy atom. The number of carbonyl (C=O) groups excluding carboxylic acids is 1. The van der Waals surface area contributed by atoms with Crippen molar-refractivity contribution < 1.29 is 4.79 Å². The van der Waals surface area contributed by atoms with Crippen molar-refractivity contribution in [3.8, 4) is 52.2 Å². The Morgan fingerprint density at radius 1 is 0.455 bits per heavy atom. The Labute approximate surface area is 405 Å². The summed E-state index contributed by atoms with van der Waals surface area (Å²) in [4.78, 5) is 21.9. The number of hydrogen-bond acceptors (Lipinski definition) is 5. The van der Waals surface area contributed by atoms with Gasteiger partial charge in [0.15, 0.2) is 6.29 Å². The van der Waals surface area contributed by atoms with Crippen LogP contribution in [0.5, 0.6) is 0 Å². The van der Waals surface area contributed by atoms with Crippen LogP contribution >= 0.6 is 34.0 Å². The lowest BCUT2D eigenvalue weighted by Crippen LogP contribution is -2.18. The number of rotatable bonds is 17. The van der Waals surface area contributed by atoms with Crippen LogP contribution in [0.2, 0.25) is 0 Å². The highest BCUT2D eigenvalue weighted by molar-refractivity contribution is 7.27. The third-order valence-electron chi connectivity index (χ3n) is 14.5.